The fraction of sp³-hybridized carbons (Fsp3) is 0.395. The van der Waals surface area contributed by atoms with E-state index in [1.54, 1.807) is 12.1 Å². The van der Waals surface area contributed by atoms with Crippen LogP contribution in [0.3, 0.4) is 0 Å². The molecule has 0 saturated carbocycles. The number of nitro groups is 1. The highest BCUT2D eigenvalue weighted by atomic mass is 16.6. The molecule has 6 rings (SSSR count). The Kier molecular flexibility index (Phi) is 15.9. The van der Waals surface area contributed by atoms with E-state index in [1.807, 2.05) is 24.4 Å². The van der Waals surface area contributed by atoms with Crippen LogP contribution in [0, 0.1) is 21.4 Å². The van der Waals surface area contributed by atoms with Gasteiger partial charge in [0.2, 0.25) is 0 Å². The van der Waals surface area contributed by atoms with Gasteiger partial charge in [0.25, 0.3) is 5.69 Å². The minimum absolute atomic E-state index is 0.165. The first kappa shape index (κ1) is 42.4. The SMILES string of the molecule is CC(C)N1CCC(c2c[nH]c3c([N+](=O)[O-])cccc23)CC1.CCN1CCC(c2c[nH]c3c(C#N)cccc23)CC1.O=C(O)/C=C\C(=O)O.O=C(O)C(=O)O. The topological polar surface area (TPSA) is 254 Å². The van der Waals surface area contributed by atoms with Crippen LogP contribution >= 0.6 is 0 Å². The molecule has 2 aromatic heterocycles. The van der Waals surface area contributed by atoms with E-state index in [-0.39, 0.29) is 10.6 Å². The normalized spacial score (nSPS) is 15.3. The highest BCUT2D eigenvalue weighted by Crippen LogP contribution is 2.36. The van der Waals surface area contributed by atoms with Gasteiger partial charge < -0.3 is 40.2 Å². The smallest absolute Gasteiger partial charge is 0.414 e. The molecule has 0 unspecified atom stereocenters. The molecule has 2 aliphatic heterocycles. The van der Waals surface area contributed by atoms with Crippen LogP contribution in [-0.4, -0.2) is 108 Å². The lowest BCUT2D eigenvalue weighted by Gasteiger charge is -2.34. The molecular weight excluding hydrogens is 700 g/mol. The average molecular weight is 747 g/mol. The summed E-state index contributed by atoms with van der Waals surface area (Å²) in [6, 6.07) is 14.2. The Balaban J connectivity index is 0.000000217. The minimum atomic E-state index is -1.82. The maximum absolute atomic E-state index is 11.1. The zero-order valence-electron chi connectivity index (χ0n) is 30.4. The van der Waals surface area contributed by atoms with Crippen LogP contribution in [0.1, 0.15) is 75.0 Å². The van der Waals surface area contributed by atoms with Gasteiger partial charge in [-0.2, -0.15) is 5.26 Å². The molecule has 0 amide bonds. The lowest BCUT2D eigenvalue weighted by atomic mass is 9.88. The van der Waals surface area contributed by atoms with Gasteiger partial charge in [-0.3, -0.25) is 10.1 Å². The number of non-ortho nitro benzene ring substituents is 1. The fourth-order valence-corrected chi connectivity index (χ4v) is 6.69. The summed E-state index contributed by atoms with van der Waals surface area (Å²) in [5.41, 5.74) is 5.19. The van der Waals surface area contributed by atoms with Crippen LogP contribution in [0.5, 0.6) is 0 Å². The summed E-state index contributed by atoms with van der Waals surface area (Å²) in [6.07, 6.45) is 9.87. The number of H-pyrrole nitrogens is 2. The average Bonchev–Trinajstić information content (AvgIpc) is 3.80. The molecule has 16 nitrogen and oxygen atoms in total. The van der Waals surface area contributed by atoms with Crippen molar-refractivity contribution in [1.82, 2.24) is 19.8 Å². The van der Waals surface area contributed by atoms with Crippen LogP contribution in [-0.2, 0) is 19.2 Å². The van der Waals surface area contributed by atoms with E-state index in [0.29, 0.717) is 35.5 Å². The number of carboxylic acid groups (broad SMARTS) is 4. The second-order valence-electron chi connectivity index (χ2n) is 13.0. The van der Waals surface area contributed by atoms with Crippen molar-refractivity contribution in [2.75, 3.05) is 32.7 Å². The number of benzene rings is 2. The quantitative estimate of drug-likeness (QED) is 0.0569. The molecule has 2 aliphatic rings. The number of nitriles is 1. The van der Waals surface area contributed by atoms with Crippen LogP contribution in [0.4, 0.5) is 5.69 Å². The molecule has 288 valence electrons. The molecule has 0 radical (unpaired) electrons. The lowest BCUT2D eigenvalue weighted by molar-refractivity contribution is -0.383. The third-order valence-electron chi connectivity index (χ3n) is 9.52. The maximum Gasteiger partial charge on any atom is 0.414 e. The fourth-order valence-electron chi connectivity index (χ4n) is 6.69. The van der Waals surface area contributed by atoms with E-state index in [4.69, 9.17) is 35.3 Å². The number of carbonyl (C=O) groups is 4. The first-order valence-corrected chi connectivity index (χ1v) is 17.5. The minimum Gasteiger partial charge on any atom is -0.478 e. The van der Waals surface area contributed by atoms with E-state index in [0.717, 1.165) is 48.9 Å². The van der Waals surface area contributed by atoms with Gasteiger partial charge in [-0.05, 0) is 101 Å². The van der Waals surface area contributed by atoms with Crippen molar-refractivity contribution in [3.63, 3.8) is 0 Å². The number of carboxylic acids is 4. The zero-order chi connectivity index (χ0) is 39.9. The number of nitrogens with zero attached hydrogens (tertiary/aromatic N) is 4. The van der Waals surface area contributed by atoms with Crippen molar-refractivity contribution in [3.8, 4) is 6.07 Å². The van der Waals surface area contributed by atoms with Gasteiger partial charge in [-0.25, -0.2) is 19.2 Å². The van der Waals surface area contributed by atoms with E-state index in [2.05, 4.69) is 58.9 Å². The summed E-state index contributed by atoms with van der Waals surface area (Å²) in [6.45, 7) is 12.4. The molecule has 2 saturated heterocycles. The number of aromatic nitrogens is 2. The number of para-hydroxylation sites is 2. The predicted molar refractivity (Wildman–Crippen MR) is 200 cm³/mol. The van der Waals surface area contributed by atoms with Gasteiger partial charge in [0.1, 0.15) is 11.6 Å². The second-order valence-corrected chi connectivity index (χ2v) is 13.0. The molecular formula is C38H46N6O10. The number of nitrogens with one attached hydrogen (secondary N) is 2. The van der Waals surface area contributed by atoms with Crippen molar-refractivity contribution in [2.45, 2.75) is 64.3 Å². The van der Waals surface area contributed by atoms with Crippen molar-refractivity contribution < 1.29 is 44.5 Å². The number of hydrogen-bond donors (Lipinski definition) is 6. The first-order chi connectivity index (χ1) is 25.7. The maximum atomic E-state index is 11.1. The zero-order valence-corrected chi connectivity index (χ0v) is 30.4. The largest absolute Gasteiger partial charge is 0.478 e. The molecule has 4 aromatic rings. The Bertz CT molecular complexity index is 1970. The van der Waals surface area contributed by atoms with Crippen molar-refractivity contribution in [3.05, 3.63) is 87.7 Å². The van der Waals surface area contributed by atoms with Crippen molar-refractivity contribution in [2.24, 2.45) is 0 Å². The molecule has 0 aliphatic carbocycles. The Morgan fingerprint density at radius 1 is 0.833 bits per heavy atom. The number of fused-ring (bicyclic) bond motifs is 2. The summed E-state index contributed by atoms with van der Waals surface area (Å²) in [5, 5.41) is 52.9. The number of aromatic amines is 2. The third kappa shape index (κ3) is 11.7. The van der Waals surface area contributed by atoms with Crippen LogP contribution in [0.15, 0.2) is 60.9 Å². The van der Waals surface area contributed by atoms with E-state index in [9.17, 15) is 19.7 Å². The molecule has 0 bridgehead atoms. The van der Waals surface area contributed by atoms with Gasteiger partial charge in [0.05, 0.1) is 16.0 Å². The van der Waals surface area contributed by atoms with Crippen LogP contribution < -0.4 is 0 Å². The molecule has 54 heavy (non-hydrogen) atoms. The number of piperidine rings is 2. The number of hydrogen-bond acceptors (Lipinski definition) is 9. The van der Waals surface area contributed by atoms with E-state index < -0.39 is 23.9 Å². The molecule has 6 N–H and O–H groups in total. The monoisotopic (exact) mass is 746 g/mol. The Morgan fingerprint density at radius 3 is 1.72 bits per heavy atom. The van der Waals surface area contributed by atoms with Crippen LogP contribution in [0.25, 0.3) is 21.8 Å². The Hall–Kier alpha value is -6.05. The number of aliphatic carboxylic acids is 4. The summed E-state index contributed by atoms with van der Waals surface area (Å²) in [5.74, 6) is -5.04. The number of likely N-dealkylation sites (tertiary alicyclic amines) is 2. The second kappa shape index (κ2) is 20.3. The van der Waals surface area contributed by atoms with Crippen molar-refractivity contribution >= 4 is 51.4 Å². The lowest BCUT2D eigenvalue weighted by Crippen LogP contribution is -2.37. The van der Waals surface area contributed by atoms with Gasteiger partial charge >= 0.3 is 23.9 Å². The van der Waals surface area contributed by atoms with Gasteiger partial charge in [0, 0.05) is 47.4 Å². The molecule has 0 atom stereocenters. The van der Waals surface area contributed by atoms with Crippen LogP contribution in [0.2, 0.25) is 0 Å². The molecule has 2 fully saturated rings. The summed E-state index contributed by atoms with van der Waals surface area (Å²) >= 11 is 0. The Morgan fingerprint density at radius 2 is 1.30 bits per heavy atom. The first-order valence-electron chi connectivity index (χ1n) is 17.5. The van der Waals surface area contributed by atoms with Crippen molar-refractivity contribution in [1.29, 1.82) is 5.26 Å². The number of rotatable bonds is 7. The van der Waals surface area contributed by atoms with Gasteiger partial charge in [-0.1, -0.05) is 31.2 Å². The highest BCUT2D eigenvalue weighted by molar-refractivity contribution is 6.27. The Labute approximate surface area is 311 Å². The predicted octanol–water partition coefficient (Wildman–Crippen LogP) is 5.77. The van der Waals surface area contributed by atoms with Gasteiger partial charge in [-0.15, -0.1) is 0 Å². The number of nitro benzene ring substituents is 1. The highest BCUT2D eigenvalue weighted by Gasteiger charge is 2.26. The summed E-state index contributed by atoms with van der Waals surface area (Å²) in [7, 11) is 0. The van der Waals surface area contributed by atoms with E-state index in [1.165, 1.54) is 42.4 Å². The summed E-state index contributed by atoms with van der Waals surface area (Å²) < 4.78 is 0. The molecule has 16 heteroatoms. The molecule has 2 aromatic carbocycles. The third-order valence-corrected chi connectivity index (χ3v) is 9.52. The van der Waals surface area contributed by atoms with Gasteiger partial charge in [0.15, 0.2) is 0 Å². The van der Waals surface area contributed by atoms with E-state index >= 15 is 0 Å². The standard InChI is InChI=1S/C16H21N3O2.C16H19N3.C4H4O4.C2H2O4/c1-11(2)18-8-6-12(7-9-18)14-10-17-16-13(14)4-3-5-15(16)19(20)21;1-2-19-8-6-12(7-9-19)15-11-18-16-13(10-17)4-3-5-14(15)16;5-3(6)1-2-4(7)8;3-1(4)2(5)6/h3-5,10-12,17H,6-9H2,1-2H3;3-5,11-12,18H,2,6-9H2,1H3;1-2H,(H,5,6)(H,7,8);(H,3,4)(H,5,6)/b;;2-1-;. The molecule has 0 spiro atoms. The summed E-state index contributed by atoms with van der Waals surface area (Å²) in [4.78, 5) is 59.5. The molecule has 4 heterocycles.